The normalized spacial score (nSPS) is 13.6. The van der Waals surface area contributed by atoms with E-state index in [0.717, 1.165) is 63.8 Å². The highest BCUT2D eigenvalue weighted by Crippen LogP contribution is 2.29. The molecule has 1 aromatic heterocycles. The van der Waals surface area contributed by atoms with Crippen molar-refractivity contribution < 1.29 is 9.53 Å². The highest BCUT2D eigenvalue weighted by molar-refractivity contribution is 9.10. The fourth-order valence-electron chi connectivity index (χ4n) is 4.31. The van der Waals surface area contributed by atoms with E-state index >= 15 is 0 Å². The van der Waals surface area contributed by atoms with Gasteiger partial charge in [0.25, 0.3) is 0 Å². The van der Waals surface area contributed by atoms with Gasteiger partial charge < -0.3 is 14.6 Å². The molecule has 0 amide bonds. The molecule has 0 saturated heterocycles. The molecule has 2 heterocycles. The van der Waals surface area contributed by atoms with E-state index in [9.17, 15) is 4.79 Å². The van der Waals surface area contributed by atoms with E-state index in [2.05, 4.69) is 44.0 Å². The number of carbonyl (C=O) groups is 1. The summed E-state index contributed by atoms with van der Waals surface area (Å²) in [5.41, 5.74) is 5.31. The molecule has 0 unspecified atom stereocenters. The molecule has 4 nitrogen and oxygen atoms in total. The molecule has 0 bridgehead atoms. The van der Waals surface area contributed by atoms with Crippen LogP contribution in [0.4, 0.5) is 0 Å². The standard InChI is InChI=1S/C26H23BrN2O2/c27-20-9-5-18(6-10-20)19-7-11-21(12-8-19)31-17-25(30)26-22-3-1-2-4-23(22)29-16-15-28-14-13-24(26)29/h1-12,28H,13-17H2. The molecule has 0 aliphatic carbocycles. The first kappa shape index (κ1) is 20.0. The van der Waals surface area contributed by atoms with Crippen LogP contribution in [0, 0.1) is 0 Å². The molecule has 31 heavy (non-hydrogen) atoms. The predicted molar refractivity (Wildman–Crippen MR) is 128 cm³/mol. The number of para-hydroxylation sites is 1. The van der Waals surface area contributed by atoms with Crippen molar-refractivity contribution in [3.05, 3.63) is 88.5 Å². The van der Waals surface area contributed by atoms with Crippen molar-refractivity contribution >= 4 is 32.6 Å². The zero-order chi connectivity index (χ0) is 21.2. The summed E-state index contributed by atoms with van der Waals surface area (Å²) in [7, 11) is 0. The first-order valence-corrected chi connectivity index (χ1v) is 11.3. The molecule has 0 fully saturated rings. The number of ether oxygens (including phenoxy) is 1. The van der Waals surface area contributed by atoms with Gasteiger partial charge in [0.15, 0.2) is 6.61 Å². The van der Waals surface area contributed by atoms with E-state index < -0.39 is 0 Å². The van der Waals surface area contributed by atoms with Crippen LogP contribution in [0.3, 0.4) is 0 Å². The smallest absolute Gasteiger partial charge is 0.202 e. The number of Topliss-reactive ketones (excluding diaryl/α,β-unsaturated/α-hetero) is 1. The third-order valence-corrected chi connectivity index (χ3v) is 6.34. The molecule has 5 heteroatoms. The Hall–Kier alpha value is -2.89. The minimum atomic E-state index is 0.0313. The second-order valence-corrected chi connectivity index (χ2v) is 8.65. The molecule has 0 radical (unpaired) electrons. The molecule has 156 valence electrons. The van der Waals surface area contributed by atoms with E-state index in [1.165, 1.54) is 0 Å². The number of rotatable bonds is 5. The number of fused-ring (bicyclic) bond motifs is 3. The minimum absolute atomic E-state index is 0.0313. The number of halogens is 1. The lowest BCUT2D eigenvalue weighted by Crippen LogP contribution is -2.17. The summed E-state index contributed by atoms with van der Waals surface area (Å²) in [5, 5.41) is 4.45. The molecule has 4 aromatic rings. The predicted octanol–water partition coefficient (Wildman–Crippen LogP) is 5.48. The quantitative estimate of drug-likeness (QED) is 0.389. The van der Waals surface area contributed by atoms with E-state index in [0.29, 0.717) is 5.75 Å². The lowest BCUT2D eigenvalue weighted by Gasteiger charge is -2.09. The number of carbonyl (C=O) groups excluding carboxylic acids is 1. The van der Waals surface area contributed by atoms with Crippen LogP contribution in [0.25, 0.3) is 22.0 Å². The van der Waals surface area contributed by atoms with Gasteiger partial charge in [0.05, 0.1) is 5.56 Å². The van der Waals surface area contributed by atoms with Crippen LogP contribution in [0.2, 0.25) is 0 Å². The van der Waals surface area contributed by atoms with Crippen LogP contribution in [-0.4, -0.2) is 30.0 Å². The van der Waals surface area contributed by atoms with Crippen molar-refractivity contribution in [2.75, 3.05) is 19.7 Å². The highest BCUT2D eigenvalue weighted by atomic mass is 79.9. The molecule has 5 rings (SSSR count). The summed E-state index contributed by atoms with van der Waals surface area (Å²) in [6.07, 6.45) is 0.845. The van der Waals surface area contributed by atoms with E-state index in [-0.39, 0.29) is 12.4 Å². The van der Waals surface area contributed by atoms with Gasteiger partial charge in [0, 0.05) is 47.1 Å². The number of hydrogen-bond donors (Lipinski definition) is 1. The van der Waals surface area contributed by atoms with Crippen molar-refractivity contribution in [2.24, 2.45) is 0 Å². The Morgan fingerprint density at radius 3 is 2.42 bits per heavy atom. The summed E-state index contributed by atoms with van der Waals surface area (Å²) in [6, 6.07) is 24.3. The van der Waals surface area contributed by atoms with E-state index in [4.69, 9.17) is 4.74 Å². The Balaban J connectivity index is 1.36. The molecular formula is C26H23BrN2O2. The second kappa shape index (κ2) is 8.69. The van der Waals surface area contributed by atoms with Gasteiger partial charge in [0.1, 0.15) is 5.75 Å². The Bertz CT molecular complexity index is 1230. The van der Waals surface area contributed by atoms with Crippen molar-refractivity contribution in [1.82, 2.24) is 9.88 Å². The number of nitrogens with zero attached hydrogens (tertiary/aromatic N) is 1. The van der Waals surface area contributed by atoms with Crippen LogP contribution >= 0.6 is 15.9 Å². The van der Waals surface area contributed by atoms with Gasteiger partial charge in [-0.1, -0.05) is 58.4 Å². The third kappa shape index (κ3) is 4.03. The molecule has 1 aliphatic rings. The summed E-state index contributed by atoms with van der Waals surface area (Å²) in [4.78, 5) is 13.2. The van der Waals surface area contributed by atoms with Crippen molar-refractivity contribution in [3.63, 3.8) is 0 Å². The Morgan fingerprint density at radius 2 is 1.65 bits per heavy atom. The second-order valence-electron chi connectivity index (χ2n) is 7.73. The van der Waals surface area contributed by atoms with Gasteiger partial charge in [-0.05, 0) is 41.5 Å². The first-order valence-electron chi connectivity index (χ1n) is 10.5. The Labute approximate surface area is 190 Å². The van der Waals surface area contributed by atoms with Gasteiger partial charge >= 0.3 is 0 Å². The van der Waals surface area contributed by atoms with Gasteiger partial charge in [0.2, 0.25) is 5.78 Å². The topological polar surface area (TPSA) is 43.3 Å². The lowest BCUT2D eigenvalue weighted by atomic mass is 10.0. The van der Waals surface area contributed by atoms with Gasteiger partial charge in [-0.25, -0.2) is 0 Å². The molecule has 0 atom stereocenters. The fourth-order valence-corrected chi connectivity index (χ4v) is 4.58. The maximum Gasteiger partial charge on any atom is 0.202 e. The summed E-state index contributed by atoms with van der Waals surface area (Å²) in [6.45, 7) is 2.71. The number of nitrogens with one attached hydrogen (secondary N) is 1. The van der Waals surface area contributed by atoms with Gasteiger partial charge in [-0.2, -0.15) is 0 Å². The van der Waals surface area contributed by atoms with Crippen molar-refractivity contribution in [1.29, 1.82) is 0 Å². The van der Waals surface area contributed by atoms with Crippen molar-refractivity contribution in [2.45, 2.75) is 13.0 Å². The average Bonchev–Trinajstić information content (AvgIpc) is 2.94. The summed E-state index contributed by atoms with van der Waals surface area (Å²) >= 11 is 3.47. The number of aromatic nitrogens is 1. The number of benzene rings is 3. The van der Waals surface area contributed by atoms with Crippen LogP contribution in [0.5, 0.6) is 5.75 Å². The average molecular weight is 475 g/mol. The fraction of sp³-hybridized carbons (Fsp3) is 0.192. The van der Waals surface area contributed by atoms with Crippen LogP contribution in [0.15, 0.2) is 77.3 Å². The first-order chi connectivity index (χ1) is 15.2. The van der Waals surface area contributed by atoms with E-state index in [1.807, 2.05) is 54.6 Å². The summed E-state index contributed by atoms with van der Waals surface area (Å²) in [5.74, 6) is 0.731. The van der Waals surface area contributed by atoms with Crippen LogP contribution in [-0.2, 0) is 13.0 Å². The molecule has 0 spiro atoms. The largest absolute Gasteiger partial charge is 0.485 e. The van der Waals surface area contributed by atoms with Gasteiger partial charge in [-0.15, -0.1) is 0 Å². The molecule has 1 N–H and O–H groups in total. The Kier molecular flexibility index (Phi) is 5.62. The van der Waals surface area contributed by atoms with Gasteiger partial charge in [-0.3, -0.25) is 4.79 Å². The minimum Gasteiger partial charge on any atom is -0.485 e. The summed E-state index contributed by atoms with van der Waals surface area (Å²) < 4.78 is 9.24. The molecular weight excluding hydrogens is 452 g/mol. The van der Waals surface area contributed by atoms with Crippen LogP contribution < -0.4 is 10.1 Å². The van der Waals surface area contributed by atoms with E-state index in [1.54, 1.807) is 0 Å². The molecule has 1 aliphatic heterocycles. The third-order valence-electron chi connectivity index (χ3n) is 5.81. The molecule has 3 aromatic carbocycles. The molecule has 0 saturated carbocycles. The Morgan fingerprint density at radius 1 is 0.935 bits per heavy atom. The lowest BCUT2D eigenvalue weighted by molar-refractivity contribution is 0.0922. The van der Waals surface area contributed by atoms with Crippen LogP contribution in [0.1, 0.15) is 16.1 Å². The number of ketones is 1. The van der Waals surface area contributed by atoms with Crippen molar-refractivity contribution in [3.8, 4) is 16.9 Å². The zero-order valence-corrected chi connectivity index (χ0v) is 18.7. The number of hydrogen-bond acceptors (Lipinski definition) is 3. The SMILES string of the molecule is O=C(COc1ccc(-c2ccc(Br)cc2)cc1)c1c2n(c3ccccc13)CCNCC2. The maximum atomic E-state index is 13.2. The maximum absolute atomic E-state index is 13.2. The monoisotopic (exact) mass is 474 g/mol. The zero-order valence-electron chi connectivity index (χ0n) is 17.1. The highest BCUT2D eigenvalue weighted by Gasteiger charge is 2.23.